The first-order valence-corrected chi connectivity index (χ1v) is 7.43. The van der Waals surface area contributed by atoms with Gasteiger partial charge in [-0.15, -0.1) is 0 Å². The van der Waals surface area contributed by atoms with E-state index in [1.165, 1.54) is 6.07 Å². The molecule has 0 saturated heterocycles. The molecule has 0 spiro atoms. The number of halogens is 2. The molecular formula is C17H20ClFN2. The van der Waals surface area contributed by atoms with Gasteiger partial charge in [-0.25, -0.2) is 4.39 Å². The number of benzene rings is 2. The van der Waals surface area contributed by atoms with Crippen LogP contribution in [0.4, 0.5) is 15.8 Å². The average molecular weight is 307 g/mol. The second-order valence-corrected chi connectivity index (χ2v) is 5.58. The highest BCUT2D eigenvalue weighted by atomic mass is 35.5. The largest absolute Gasteiger partial charge is 0.341 e. The number of para-hydroxylation sites is 1. The van der Waals surface area contributed by atoms with Gasteiger partial charge in [0.2, 0.25) is 0 Å². The average Bonchev–Trinajstić information content (AvgIpc) is 2.47. The summed E-state index contributed by atoms with van der Waals surface area (Å²) < 4.78 is 13.9. The summed E-state index contributed by atoms with van der Waals surface area (Å²) in [6.45, 7) is 2.06. The summed E-state index contributed by atoms with van der Waals surface area (Å²) in [5, 5.41) is 0.599. The van der Waals surface area contributed by atoms with E-state index in [0.29, 0.717) is 10.7 Å². The van der Waals surface area contributed by atoms with Crippen molar-refractivity contribution >= 4 is 23.0 Å². The SMILES string of the molecule is CCC(N)Cc1ccc(N(C)c2ccccc2F)c(Cl)c1. The zero-order valence-electron chi connectivity index (χ0n) is 12.3. The second kappa shape index (κ2) is 6.92. The third-order valence-electron chi connectivity index (χ3n) is 3.61. The molecule has 0 fully saturated rings. The summed E-state index contributed by atoms with van der Waals surface area (Å²) in [7, 11) is 1.80. The highest BCUT2D eigenvalue weighted by Crippen LogP contribution is 2.32. The Morgan fingerprint density at radius 2 is 1.90 bits per heavy atom. The second-order valence-electron chi connectivity index (χ2n) is 5.17. The number of rotatable bonds is 5. The van der Waals surface area contributed by atoms with Gasteiger partial charge in [0, 0.05) is 13.1 Å². The van der Waals surface area contributed by atoms with Crippen molar-refractivity contribution in [2.75, 3.05) is 11.9 Å². The van der Waals surface area contributed by atoms with Crippen LogP contribution in [0.2, 0.25) is 5.02 Å². The van der Waals surface area contributed by atoms with Gasteiger partial charge in [-0.2, -0.15) is 0 Å². The molecule has 0 saturated carbocycles. The molecule has 2 N–H and O–H groups in total. The fourth-order valence-electron chi connectivity index (χ4n) is 2.25. The van der Waals surface area contributed by atoms with Crippen molar-refractivity contribution in [1.82, 2.24) is 0 Å². The van der Waals surface area contributed by atoms with Gasteiger partial charge in [0.15, 0.2) is 0 Å². The van der Waals surface area contributed by atoms with E-state index in [1.54, 1.807) is 30.1 Å². The highest BCUT2D eigenvalue weighted by molar-refractivity contribution is 6.33. The minimum absolute atomic E-state index is 0.135. The van der Waals surface area contributed by atoms with E-state index in [4.69, 9.17) is 17.3 Å². The third kappa shape index (κ3) is 3.74. The Hall–Kier alpha value is -1.58. The van der Waals surface area contributed by atoms with E-state index < -0.39 is 0 Å². The van der Waals surface area contributed by atoms with Gasteiger partial charge in [-0.3, -0.25) is 0 Å². The minimum atomic E-state index is -0.270. The van der Waals surface area contributed by atoms with Gasteiger partial charge in [0.25, 0.3) is 0 Å². The van der Waals surface area contributed by atoms with Crippen LogP contribution in [-0.4, -0.2) is 13.1 Å². The van der Waals surface area contributed by atoms with E-state index >= 15 is 0 Å². The van der Waals surface area contributed by atoms with E-state index in [-0.39, 0.29) is 11.9 Å². The van der Waals surface area contributed by atoms with E-state index in [0.717, 1.165) is 24.1 Å². The van der Waals surface area contributed by atoms with Crippen molar-refractivity contribution < 1.29 is 4.39 Å². The smallest absolute Gasteiger partial charge is 0.146 e. The Morgan fingerprint density at radius 1 is 1.19 bits per heavy atom. The number of nitrogens with zero attached hydrogens (tertiary/aromatic N) is 1. The molecule has 1 unspecified atom stereocenters. The molecule has 1 atom stereocenters. The lowest BCUT2D eigenvalue weighted by Gasteiger charge is -2.22. The van der Waals surface area contributed by atoms with E-state index in [2.05, 4.69) is 6.92 Å². The van der Waals surface area contributed by atoms with Gasteiger partial charge in [-0.1, -0.05) is 36.7 Å². The first-order valence-electron chi connectivity index (χ1n) is 7.05. The molecule has 0 aromatic heterocycles. The van der Waals surface area contributed by atoms with Crippen molar-refractivity contribution in [2.24, 2.45) is 5.73 Å². The maximum absolute atomic E-state index is 13.9. The minimum Gasteiger partial charge on any atom is -0.341 e. The molecule has 2 aromatic rings. The van der Waals surface area contributed by atoms with Crippen LogP contribution in [-0.2, 0) is 6.42 Å². The van der Waals surface area contributed by atoms with Crippen molar-refractivity contribution in [2.45, 2.75) is 25.8 Å². The van der Waals surface area contributed by atoms with Crippen LogP contribution in [0, 0.1) is 5.82 Å². The zero-order valence-corrected chi connectivity index (χ0v) is 13.1. The third-order valence-corrected chi connectivity index (χ3v) is 3.91. The molecule has 21 heavy (non-hydrogen) atoms. The Balaban J connectivity index is 2.27. The van der Waals surface area contributed by atoms with Gasteiger partial charge >= 0.3 is 0 Å². The van der Waals surface area contributed by atoms with Crippen LogP contribution in [0.3, 0.4) is 0 Å². The molecule has 0 bridgehead atoms. The summed E-state index contributed by atoms with van der Waals surface area (Å²) >= 11 is 6.35. The standard InChI is InChI=1S/C17H20ClFN2/c1-3-13(20)10-12-8-9-16(14(18)11-12)21(2)17-7-5-4-6-15(17)19/h4-9,11,13H,3,10,20H2,1-2H3. The van der Waals surface area contributed by atoms with Gasteiger partial charge in [-0.05, 0) is 42.7 Å². The Morgan fingerprint density at radius 3 is 2.52 bits per heavy atom. The Labute approximate surface area is 130 Å². The molecule has 0 radical (unpaired) electrons. The summed E-state index contributed by atoms with van der Waals surface area (Å²) in [4.78, 5) is 1.75. The molecule has 2 aromatic carbocycles. The maximum Gasteiger partial charge on any atom is 0.146 e. The monoisotopic (exact) mass is 306 g/mol. The predicted octanol–water partition coefficient (Wildman–Crippen LogP) is 4.53. The fraction of sp³-hybridized carbons (Fsp3) is 0.294. The molecule has 0 heterocycles. The number of nitrogens with two attached hydrogens (primary N) is 1. The Kier molecular flexibility index (Phi) is 5.21. The van der Waals surface area contributed by atoms with E-state index in [9.17, 15) is 4.39 Å². The number of hydrogen-bond donors (Lipinski definition) is 1. The van der Waals surface area contributed by atoms with Gasteiger partial charge in [0.05, 0.1) is 16.4 Å². The molecule has 2 nitrogen and oxygen atoms in total. The fourth-order valence-corrected chi connectivity index (χ4v) is 2.58. The van der Waals surface area contributed by atoms with Crippen LogP contribution < -0.4 is 10.6 Å². The van der Waals surface area contributed by atoms with Crippen LogP contribution >= 0.6 is 11.6 Å². The lowest BCUT2D eigenvalue weighted by atomic mass is 10.0. The summed E-state index contributed by atoms with van der Waals surface area (Å²) in [6, 6.07) is 12.6. The topological polar surface area (TPSA) is 29.3 Å². The van der Waals surface area contributed by atoms with Crippen LogP contribution in [0.15, 0.2) is 42.5 Å². The molecule has 0 aliphatic carbocycles. The molecular weight excluding hydrogens is 287 g/mol. The summed E-state index contributed by atoms with van der Waals surface area (Å²) in [5.74, 6) is -0.270. The van der Waals surface area contributed by atoms with Crippen molar-refractivity contribution in [1.29, 1.82) is 0 Å². The summed E-state index contributed by atoms with van der Waals surface area (Å²) in [5.41, 5.74) is 8.33. The molecule has 0 aliphatic heterocycles. The lowest BCUT2D eigenvalue weighted by molar-refractivity contribution is 0.627. The van der Waals surface area contributed by atoms with Crippen molar-refractivity contribution in [3.8, 4) is 0 Å². The van der Waals surface area contributed by atoms with Crippen LogP contribution in [0.25, 0.3) is 0 Å². The quantitative estimate of drug-likeness (QED) is 0.879. The van der Waals surface area contributed by atoms with Crippen LogP contribution in [0.1, 0.15) is 18.9 Å². The molecule has 0 aliphatic rings. The molecule has 112 valence electrons. The molecule has 4 heteroatoms. The molecule has 0 amide bonds. The first kappa shape index (κ1) is 15.8. The zero-order chi connectivity index (χ0) is 15.4. The maximum atomic E-state index is 13.9. The van der Waals surface area contributed by atoms with Gasteiger partial charge in [0.1, 0.15) is 5.82 Å². The first-order chi connectivity index (χ1) is 10.0. The summed E-state index contributed by atoms with van der Waals surface area (Å²) in [6.07, 6.45) is 1.72. The highest BCUT2D eigenvalue weighted by Gasteiger charge is 2.13. The Bertz CT molecular complexity index is 615. The lowest BCUT2D eigenvalue weighted by Crippen LogP contribution is -2.21. The van der Waals surface area contributed by atoms with Crippen molar-refractivity contribution in [3.05, 3.63) is 58.9 Å². The predicted molar refractivity (Wildman–Crippen MR) is 87.9 cm³/mol. The van der Waals surface area contributed by atoms with E-state index in [1.807, 2.05) is 18.2 Å². The van der Waals surface area contributed by atoms with Crippen LogP contribution in [0.5, 0.6) is 0 Å². The van der Waals surface area contributed by atoms with Crippen molar-refractivity contribution in [3.63, 3.8) is 0 Å². The number of anilines is 2. The molecule has 2 rings (SSSR count). The van der Waals surface area contributed by atoms with Gasteiger partial charge < -0.3 is 10.6 Å². The normalized spacial score (nSPS) is 12.2. The number of hydrogen-bond acceptors (Lipinski definition) is 2.